The van der Waals surface area contributed by atoms with E-state index in [1.54, 1.807) is 12.8 Å². The molecule has 0 nitrogen and oxygen atoms in total. The Morgan fingerprint density at radius 2 is 2.07 bits per heavy atom. The van der Waals surface area contributed by atoms with Gasteiger partial charge in [0.15, 0.2) is 0 Å². The van der Waals surface area contributed by atoms with Gasteiger partial charge in [-0.05, 0) is 42.4 Å². The van der Waals surface area contributed by atoms with E-state index in [1.807, 2.05) is 0 Å². The van der Waals surface area contributed by atoms with Gasteiger partial charge in [0.25, 0.3) is 0 Å². The Bertz CT molecular complexity index is 196. The maximum atomic E-state index is 2.47. The third-order valence-corrected chi connectivity index (χ3v) is 4.72. The van der Waals surface area contributed by atoms with Crippen molar-refractivity contribution in [3.63, 3.8) is 0 Å². The van der Waals surface area contributed by atoms with Crippen molar-refractivity contribution < 1.29 is 0 Å². The average Bonchev–Trinajstić information content (AvgIpc) is 3.00. The van der Waals surface area contributed by atoms with Crippen LogP contribution in [0.1, 0.15) is 65.7 Å². The topological polar surface area (TPSA) is 0 Å². The molecule has 0 heterocycles. The second kappa shape index (κ2) is 3.87. The summed E-state index contributed by atoms with van der Waals surface area (Å²) < 4.78 is 0. The maximum Gasteiger partial charge on any atom is -0.0232 e. The van der Waals surface area contributed by atoms with Gasteiger partial charge in [-0.15, -0.1) is 0 Å². The first kappa shape index (κ1) is 10.5. The zero-order valence-electron chi connectivity index (χ0n) is 10.2. The van der Waals surface area contributed by atoms with Gasteiger partial charge in [0.2, 0.25) is 0 Å². The number of unbranched alkanes of at least 4 members (excludes halogenated alkanes) is 1. The van der Waals surface area contributed by atoms with Crippen LogP contribution in [0.25, 0.3) is 0 Å². The van der Waals surface area contributed by atoms with Crippen molar-refractivity contribution in [2.45, 2.75) is 65.7 Å². The van der Waals surface area contributed by atoms with Gasteiger partial charge >= 0.3 is 0 Å². The fraction of sp³-hybridized carbons (Fsp3) is 1.00. The molecular weight excluding hydrogens is 168 g/mol. The first-order valence-electron chi connectivity index (χ1n) is 6.74. The standard InChI is InChI=1S/C14H26/c1-4-6-7-11(3)9-12-13-10-14(12,13)8-5-2/h11-13H,4-10H2,1-3H3. The SMILES string of the molecule is CCCCC(C)CC1C2CC12CCC. The first-order chi connectivity index (χ1) is 6.74. The normalized spacial score (nSPS) is 40.5. The molecule has 0 amide bonds. The zero-order chi connectivity index (χ0) is 10.2. The van der Waals surface area contributed by atoms with E-state index < -0.39 is 0 Å². The van der Waals surface area contributed by atoms with E-state index in [4.69, 9.17) is 0 Å². The lowest BCUT2D eigenvalue weighted by atomic mass is 9.90. The molecule has 4 unspecified atom stereocenters. The van der Waals surface area contributed by atoms with Crippen LogP contribution < -0.4 is 0 Å². The molecule has 0 saturated heterocycles. The highest BCUT2D eigenvalue weighted by atomic mass is 14.8. The van der Waals surface area contributed by atoms with Gasteiger partial charge in [-0.1, -0.05) is 46.5 Å². The van der Waals surface area contributed by atoms with Gasteiger partial charge < -0.3 is 0 Å². The van der Waals surface area contributed by atoms with Crippen molar-refractivity contribution in [3.05, 3.63) is 0 Å². The predicted molar refractivity (Wildman–Crippen MR) is 62.2 cm³/mol. The van der Waals surface area contributed by atoms with E-state index in [0.29, 0.717) is 0 Å². The molecule has 2 aliphatic carbocycles. The molecular formula is C14H26. The smallest absolute Gasteiger partial charge is 0.0232 e. The Morgan fingerprint density at radius 3 is 2.64 bits per heavy atom. The monoisotopic (exact) mass is 194 g/mol. The lowest BCUT2D eigenvalue weighted by molar-refractivity contribution is 0.352. The van der Waals surface area contributed by atoms with Gasteiger partial charge in [0.05, 0.1) is 0 Å². The molecule has 2 rings (SSSR count). The van der Waals surface area contributed by atoms with Crippen LogP contribution >= 0.6 is 0 Å². The summed E-state index contributed by atoms with van der Waals surface area (Å²) in [6.45, 7) is 7.12. The Hall–Kier alpha value is 0. The van der Waals surface area contributed by atoms with E-state index in [-0.39, 0.29) is 0 Å². The lowest BCUT2D eigenvalue weighted by Crippen LogP contribution is -2.05. The van der Waals surface area contributed by atoms with Crippen LogP contribution in [0.15, 0.2) is 0 Å². The van der Waals surface area contributed by atoms with Crippen molar-refractivity contribution >= 4 is 0 Å². The molecule has 82 valence electrons. The molecule has 0 radical (unpaired) electrons. The highest BCUT2D eigenvalue weighted by Crippen LogP contribution is 2.83. The third-order valence-electron chi connectivity index (χ3n) is 4.72. The molecule has 4 atom stereocenters. The van der Waals surface area contributed by atoms with Gasteiger partial charge in [0.1, 0.15) is 0 Å². The van der Waals surface area contributed by atoms with Crippen molar-refractivity contribution in [2.24, 2.45) is 23.2 Å². The van der Waals surface area contributed by atoms with Crippen molar-refractivity contribution in [1.29, 1.82) is 0 Å². The van der Waals surface area contributed by atoms with Gasteiger partial charge in [-0.25, -0.2) is 0 Å². The van der Waals surface area contributed by atoms with E-state index in [1.165, 1.54) is 38.0 Å². The molecule has 14 heavy (non-hydrogen) atoms. The Labute approximate surface area is 89.5 Å². The van der Waals surface area contributed by atoms with Crippen LogP contribution in [0.4, 0.5) is 0 Å². The maximum absolute atomic E-state index is 2.47. The average molecular weight is 194 g/mol. The summed E-state index contributed by atoms with van der Waals surface area (Å²) in [6.07, 6.45) is 10.4. The highest BCUT2D eigenvalue weighted by molar-refractivity contribution is 5.24. The molecule has 0 bridgehead atoms. The quantitative estimate of drug-likeness (QED) is 0.554. The Morgan fingerprint density at radius 1 is 1.29 bits per heavy atom. The molecule has 0 aromatic rings. The van der Waals surface area contributed by atoms with Crippen molar-refractivity contribution in [1.82, 2.24) is 0 Å². The number of hydrogen-bond acceptors (Lipinski definition) is 0. The Balaban J connectivity index is 1.64. The van der Waals surface area contributed by atoms with Gasteiger partial charge in [-0.3, -0.25) is 0 Å². The van der Waals surface area contributed by atoms with Crippen molar-refractivity contribution in [2.75, 3.05) is 0 Å². The first-order valence-corrected chi connectivity index (χ1v) is 6.74. The van der Waals surface area contributed by atoms with Gasteiger partial charge in [-0.2, -0.15) is 0 Å². The van der Waals surface area contributed by atoms with E-state index in [0.717, 1.165) is 17.3 Å². The highest BCUT2D eigenvalue weighted by Gasteiger charge is 2.76. The summed E-state index contributed by atoms with van der Waals surface area (Å²) in [5, 5.41) is 0. The van der Waals surface area contributed by atoms with E-state index in [2.05, 4.69) is 20.8 Å². The molecule has 0 aliphatic heterocycles. The van der Waals surface area contributed by atoms with Crippen LogP contribution in [-0.2, 0) is 0 Å². The van der Waals surface area contributed by atoms with Crippen LogP contribution in [0.5, 0.6) is 0 Å². The molecule has 2 aliphatic rings. The second-order valence-corrected chi connectivity index (χ2v) is 5.88. The molecule has 2 fully saturated rings. The van der Waals surface area contributed by atoms with Crippen LogP contribution in [0.2, 0.25) is 0 Å². The van der Waals surface area contributed by atoms with E-state index >= 15 is 0 Å². The second-order valence-electron chi connectivity index (χ2n) is 5.88. The zero-order valence-corrected chi connectivity index (χ0v) is 10.2. The summed E-state index contributed by atoms with van der Waals surface area (Å²) >= 11 is 0. The largest absolute Gasteiger partial charge is 0.0654 e. The van der Waals surface area contributed by atoms with Crippen molar-refractivity contribution in [3.8, 4) is 0 Å². The van der Waals surface area contributed by atoms with Gasteiger partial charge in [0, 0.05) is 0 Å². The van der Waals surface area contributed by atoms with Crippen LogP contribution in [0, 0.1) is 23.2 Å². The summed E-state index contributed by atoms with van der Waals surface area (Å²) in [6, 6.07) is 0. The minimum Gasteiger partial charge on any atom is -0.0654 e. The number of rotatable bonds is 7. The minimum atomic E-state index is 0.912. The number of hydrogen-bond donors (Lipinski definition) is 0. The Kier molecular flexibility index (Phi) is 2.91. The summed E-state index contributed by atoms with van der Waals surface area (Å²) in [4.78, 5) is 0. The molecule has 0 aromatic carbocycles. The number of fused-ring (bicyclic) bond motifs is 1. The molecule has 0 aromatic heterocycles. The minimum absolute atomic E-state index is 0.912. The molecule has 0 heteroatoms. The third kappa shape index (κ3) is 1.73. The summed E-state index contributed by atoms with van der Waals surface area (Å²) in [5.74, 6) is 3.35. The molecule has 2 saturated carbocycles. The fourth-order valence-electron chi connectivity index (χ4n) is 3.60. The predicted octanol–water partition coefficient (Wildman–Crippen LogP) is 4.64. The summed E-state index contributed by atoms with van der Waals surface area (Å²) in [5.41, 5.74) is 0.912. The lowest BCUT2D eigenvalue weighted by Gasteiger charge is -2.16. The molecule has 0 spiro atoms. The molecule has 0 N–H and O–H groups in total. The summed E-state index contributed by atoms with van der Waals surface area (Å²) in [7, 11) is 0. The fourth-order valence-corrected chi connectivity index (χ4v) is 3.60. The van der Waals surface area contributed by atoms with Crippen LogP contribution in [0.3, 0.4) is 0 Å². The van der Waals surface area contributed by atoms with E-state index in [9.17, 15) is 0 Å². The van der Waals surface area contributed by atoms with Crippen LogP contribution in [-0.4, -0.2) is 0 Å².